The van der Waals surface area contributed by atoms with E-state index in [1.54, 1.807) is 6.07 Å². The molecule has 0 aliphatic carbocycles. The molecule has 2 rings (SSSR count). The quantitative estimate of drug-likeness (QED) is 0.911. The molecule has 1 heterocycles. The molecule has 0 fully saturated rings. The maximum Gasteiger partial charge on any atom is 0.335 e. The zero-order chi connectivity index (χ0) is 15.7. The topological polar surface area (TPSA) is 71.3 Å². The molecule has 1 aromatic carbocycles. The minimum Gasteiger partial charge on any atom is -0.478 e. The fourth-order valence-corrected chi connectivity index (χ4v) is 2.16. The Bertz CT molecular complexity index is 729. The van der Waals surface area contributed by atoms with Crippen molar-refractivity contribution >= 4 is 17.6 Å². The summed E-state index contributed by atoms with van der Waals surface area (Å²) in [5, 5.41) is 11.8. The summed E-state index contributed by atoms with van der Waals surface area (Å²) in [7, 11) is 1.90. The van der Waals surface area contributed by atoms with Gasteiger partial charge in [-0.2, -0.15) is 0 Å². The molecule has 0 aliphatic rings. The molecule has 0 atom stereocenters. The molecule has 2 N–H and O–H groups in total. The molecule has 110 valence electrons. The van der Waals surface area contributed by atoms with Crippen LogP contribution in [0.15, 0.2) is 24.3 Å². The van der Waals surface area contributed by atoms with Gasteiger partial charge in [0.1, 0.15) is 0 Å². The fraction of sp³-hybridized carbons (Fsp3) is 0.250. The van der Waals surface area contributed by atoms with Gasteiger partial charge >= 0.3 is 5.97 Å². The minimum atomic E-state index is -1.02. The molecule has 21 heavy (non-hydrogen) atoms. The van der Waals surface area contributed by atoms with Gasteiger partial charge in [0.25, 0.3) is 5.91 Å². The Morgan fingerprint density at radius 2 is 1.81 bits per heavy atom. The Balaban J connectivity index is 2.33. The monoisotopic (exact) mass is 286 g/mol. The zero-order valence-electron chi connectivity index (χ0n) is 12.5. The zero-order valence-corrected chi connectivity index (χ0v) is 12.5. The summed E-state index contributed by atoms with van der Waals surface area (Å²) in [6.45, 7) is 5.63. The van der Waals surface area contributed by atoms with Crippen molar-refractivity contribution in [3.05, 3.63) is 52.3 Å². The molecular formula is C16H18N2O3. The first-order valence-corrected chi connectivity index (χ1v) is 6.59. The van der Waals surface area contributed by atoms with Crippen molar-refractivity contribution in [2.24, 2.45) is 7.05 Å². The van der Waals surface area contributed by atoms with Crippen molar-refractivity contribution in [2.45, 2.75) is 20.8 Å². The van der Waals surface area contributed by atoms with Crippen molar-refractivity contribution in [3.63, 3.8) is 0 Å². The van der Waals surface area contributed by atoms with Crippen LogP contribution in [0.25, 0.3) is 0 Å². The molecule has 0 radical (unpaired) electrons. The molecule has 0 spiro atoms. The van der Waals surface area contributed by atoms with E-state index < -0.39 is 5.97 Å². The number of carboxylic acids is 1. The van der Waals surface area contributed by atoms with E-state index in [1.807, 2.05) is 38.5 Å². The Kier molecular flexibility index (Phi) is 3.84. The van der Waals surface area contributed by atoms with Gasteiger partial charge in [0, 0.05) is 24.1 Å². The first kappa shape index (κ1) is 14.8. The van der Waals surface area contributed by atoms with E-state index in [4.69, 9.17) is 5.11 Å². The van der Waals surface area contributed by atoms with Gasteiger partial charge in [-0.3, -0.25) is 4.79 Å². The number of aromatic carboxylic acids is 1. The minimum absolute atomic E-state index is 0.150. The number of hydrogen-bond donors (Lipinski definition) is 2. The van der Waals surface area contributed by atoms with E-state index in [2.05, 4.69) is 5.32 Å². The average molecular weight is 286 g/mol. The van der Waals surface area contributed by atoms with Crippen LogP contribution in [0.4, 0.5) is 5.69 Å². The molecule has 5 nitrogen and oxygen atoms in total. The van der Waals surface area contributed by atoms with Gasteiger partial charge in [-0.05, 0) is 44.5 Å². The highest BCUT2D eigenvalue weighted by Crippen LogP contribution is 2.20. The standard InChI is InChI=1S/C16H18N2O3/c1-9-5-6-12(16(20)21)8-14(9)17-15(19)13-7-10(2)18(4)11(13)3/h5-8H,1-4H3,(H,17,19)(H,20,21). The van der Waals surface area contributed by atoms with Crippen LogP contribution in [0.1, 0.15) is 37.7 Å². The number of nitrogens with zero attached hydrogens (tertiary/aromatic N) is 1. The fourth-order valence-electron chi connectivity index (χ4n) is 2.16. The van der Waals surface area contributed by atoms with Crippen LogP contribution in [0.3, 0.4) is 0 Å². The van der Waals surface area contributed by atoms with Gasteiger partial charge in [-0.1, -0.05) is 6.07 Å². The number of carboxylic acid groups (broad SMARTS) is 1. The van der Waals surface area contributed by atoms with Gasteiger partial charge in [-0.25, -0.2) is 4.79 Å². The van der Waals surface area contributed by atoms with Crippen LogP contribution in [0.5, 0.6) is 0 Å². The summed E-state index contributed by atoms with van der Waals surface area (Å²) in [6.07, 6.45) is 0. The van der Waals surface area contributed by atoms with E-state index in [-0.39, 0.29) is 11.5 Å². The summed E-state index contributed by atoms with van der Waals surface area (Å²) in [5.74, 6) is -1.25. The first-order valence-electron chi connectivity index (χ1n) is 6.59. The van der Waals surface area contributed by atoms with E-state index in [0.717, 1.165) is 17.0 Å². The number of aromatic nitrogens is 1. The second-order valence-corrected chi connectivity index (χ2v) is 5.13. The van der Waals surface area contributed by atoms with Gasteiger partial charge in [0.2, 0.25) is 0 Å². The van der Waals surface area contributed by atoms with Crippen LogP contribution in [0.2, 0.25) is 0 Å². The number of amides is 1. The van der Waals surface area contributed by atoms with E-state index in [0.29, 0.717) is 11.3 Å². The second kappa shape index (κ2) is 5.44. The number of hydrogen-bond acceptors (Lipinski definition) is 2. The largest absolute Gasteiger partial charge is 0.478 e. The SMILES string of the molecule is Cc1ccc(C(=O)O)cc1NC(=O)c1cc(C)n(C)c1C. The molecule has 0 bridgehead atoms. The first-order chi connectivity index (χ1) is 9.81. The number of aryl methyl sites for hydroxylation is 2. The van der Waals surface area contributed by atoms with E-state index >= 15 is 0 Å². The molecule has 2 aromatic rings. The third kappa shape index (κ3) is 2.81. The predicted octanol–water partition coefficient (Wildman–Crippen LogP) is 2.90. The summed E-state index contributed by atoms with van der Waals surface area (Å²) >= 11 is 0. The number of carbonyl (C=O) groups excluding carboxylic acids is 1. The third-order valence-electron chi connectivity index (χ3n) is 3.75. The lowest BCUT2D eigenvalue weighted by molar-refractivity contribution is 0.0696. The maximum absolute atomic E-state index is 12.4. The van der Waals surface area contributed by atoms with Crippen molar-refractivity contribution in [1.29, 1.82) is 0 Å². The van der Waals surface area contributed by atoms with Gasteiger partial charge in [0.05, 0.1) is 11.1 Å². The lowest BCUT2D eigenvalue weighted by Crippen LogP contribution is -2.14. The number of anilines is 1. The van der Waals surface area contributed by atoms with Gasteiger partial charge in [0.15, 0.2) is 0 Å². The van der Waals surface area contributed by atoms with Crippen LogP contribution < -0.4 is 5.32 Å². The van der Waals surface area contributed by atoms with E-state index in [1.165, 1.54) is 12.1 Å². The Hall–Kier alpha value is -2.56. The summed E-state index contributed by atoms with van der Waals surface area (Å²) < 4.78 is 1.94. The summed E-state index contributed by atoms with van der Waals surface area (Å²) in [4.78, 5) is 23.4. The van der Waals surface area contributed by atoms with Crippen molar-refractivity contribution < 1.29 is 14.7 Å². The second-order valence-electron chi connectivity index (χ2n) is 5.13. The van der Waals surface area contributed by atoms with E-state index in [9.17, 15) is 9.59 Å². The number of nitrogens with one attached hydrogen (secondary N) is 1. The van der Waals surface area contributed by atoms with Crippen molar-refractivity contribution in [3.8, 4) is 0 Å². The molecule has 0 aliphatic heterocycles. The third-order valence-corrected chi connectivity index (χ3v) is 3.75. The van der Waals surface area contributed by atoms with Crippen LogP contribution in [-0.4, -0.2) is 21.6 Å². The Morgan fingerprint density at radius 1 is 1.14 bits per heavy atom. The van der Waals surface area contributed by atoms with Crippen molar-refractivity contribution in [1.82, 2.24) is 4.57 Å². The van der Waals surface area contributed by atoms with Crippen molar-refractivity contribution in [2.75, 3.05) is 5.32 Å². The molecule has 0 saturated carbocycles. The normalized spacial score (nSPS) is 10.5. The Morgan fingerprint density at radius 3 is 2.33 bits per heavy atom. The predicted molar refractivity (Wildman–Crippen MR) is 81.0 cm³/mol. The number of benzene rings is 1. The lowest BCUT2D eigenvalue weighted by Gasteiger charge is -2.09. The smallest absolute Gasteiger partial charge is 0.335 e. The van der Waals surface area contributed by atoms with Gasteiger partial charge in [-0.15, -0.1) is 0 Å². The van der Waals surface area contributed by atoms with Crippen LogP contribution in [0, 0.1) is 20.8 Å². The molecule has 1 aromatic heterocycles. The van der Waals surface area contributed by atoms with Crippen LogP contribution >= 0.6 is 0 Å². The maximum atomic E-state index is 12.4. The Labute approximate surface area is 123 Å². The highest BCUT2D eigenvalue weighted by molar-refractivity contribution is 6.06. The molecule has 0 unspecified atom stereocenters. The summed E-state index contributed by atoms with van der Waals surface area (Å²) in [5.41, 5.74) is 3.94. The van der Waals surface area contributed by atoms with Gasteiger partial charge < -0.3 is 15.0 Å². The lowest BCUT2D eigenvalue weighted by atomic mass is 10.1. The molecule has 0 saturated heterocycles. The highest BCUT2D eigenvalue weighted by Gasteiger charge is 2.15. The number of rotatable bonds is 3. The molecule has 5 heteroatoms. The number of carbonyl (C=O) groups is 2. The summed E-state index contributed by atoms with van der Waals surface area (Å²) in [6, 6.07) is 6.50. The molecular weight excluding hydrogens is 268 g/mol. The highest BCUT2D eigenvalue weighted by atomic mass is 16.4. The van der Waals surface area contributed by atoms with Crippen LogP contribution in [-0.2, 0) is 7.05 Å². The molecule has 1 amide bonds. The average Bonchev–Trinajstić information content (AvgIpc) is 2.68.